The van der Waals surface area contributed by atoms with Crippen LogP contribution in [-0.4, -0.2) is 38.8 Å². The van der Waals surface area contributed by atoms with Crippen LogP contribution in [0.5, 0.6) is 0 Å². The highest BCUT2D eigenvalue weighted by Gasteiger charge is 2.20. The van der Waals surface area contributed by atoms with Crippen LogP contribution in [0.2, 0.25) is 0 Å². The SMILES string of the molecule is Cc1cccc(CN(Cc2ccccc2)C(=O)c2cnc(N3CCCCC3)nc2)n1. The minimum absolute atomic E-state index is 0.0904. The highest BCUT2D eigenvalue weighted by Crippen LogP contribution is 2.17. The average molecular weight is 402 g/mol. The van der Waals surface area contributed by atoms with Gasteiger partial charge < -0.3 is 9.80 Å². The molecular weight excluding hydrogens is 374 g/mol. The molecule has 3 heterocycles. The van der Waals surface area contributed by atoms with Crippen molar-refractivity contribution in [3.05, 3.63) is 83.4 Å². The number of hydrogen-bond donors (Lipinski definition) is 0. The molecular formula is C24H27N5O. The molecule has 0 spiro atoms. The molecule has 3 aromatic rings. The number of amides is 1. The second kappa shape index (κ2) is 9.48. The van der Waals surface area contributed by atoms with Gasteiger partial charge in [0.1, 0.15) is 0 Å². The van der Waals surface area contributed by atoms with Gasteiger partial charge in [0.15, 0.2) is 0 Å². The first-order valence-electron chi connectivity index (χ1n) is 10.5. The summed E-state index contributed by atoms with van der Waals surface area (Å²) >= 11 is 0. The Morgan fingerprint density at radius 2 is 1.67 bits per heavy atom. The topological polar surface area (TPSA) is 62.2 Å². The van der Waals surface area contributed by atoms with Gasteiger partial charge in [-0.15, -0.1) is 0 Å². The van der Waals surface area contributed by atoms with E-state index in [4.69, 9.17) is 0 Å². The number of aromatic nitrogens is 3. The lowest BCUT2D eigenvalue weighted by Crippen LogP contribution is -2.32. The van der Waals surface area contributed by atoms with Crippen molar-refractivity contribution in [3.63, 3.8) is 0 Å². The quantitative estimate of drug-likeness (QED) is 0.624. The molecule has 6 heteroatoms. The molecule has 0 N–H and O–H groups in total. The fourth-order valence-electron chi connectivity index (χ4n) is 3.76. The Hall–Kier alpha value is -3.28. The van der Waals surface area contributed by atoms with Crippen LogP contribution in [0, 0.1) is 6.92 Å². The molecule has 6 nitrogen and oxygen atoms in total. The number of benzene rings is 1. The van der Waals surface area contributed by atoms with Gasteiger partial charge in [-0.1, -0.05) is 36.4 Å². The molecule has 0 saturated carbocycles. The third kappa shape index (κ3) is 5.00. The van der Waals surface area contributed by atoms with Gasteiger partial charge in [-0.2, -0.15) is 0 Å². The van der Waals surface area contributed by atoms with Gasteiger partial charge in [0.25, 0.3) is 5.91 Å². The van der Waals surface area contributed by atoms with Gasteiger partial charge in [0, 0.05) is 37.7 Å². The first-order valence-corrected chi connectivity index (χ1v) is 10.5. The molecule has 4 rings (SSSR count). The van der Waals surface area contributed by atoms with Crippen LogP contribution in [-0.2, 0) is 13.1 Å². The maximum Gasteiger partial charge on any atom is 0.257 e. The van der Waals surface area contributed by atoms with Crippen molar-refractivity contribution < 1.29 is 4.79 Å². The number of aryl methyl sites for hydroxylation is 1. The Bertz CT molecular complexity index is 968. The Kier molecular flexibility index (Phi) is 6.32. The highest BCUT2D eigenvalue weighted by atomic mass is 16.2. The maximum atomic E-state index is 13.3. The standard InChI is InChI=1S/C24H27N5O/c1-19-9-8-12-22(27-19)18-29(17-20-10-4-2-5-11-20)23(30)21-15-25-24(26-16-21)28-13-6-3-7-14-28/h2,4-5,8-12,15-16H,3,6-7,13-14,17-18H2,1H3. The number of rotatable bonds is 6. The summed E-state index contributed by atoms with van der Waals surface area (Å²) in [5.41, 5.74) is 3.38. The zero-order valence-electron chi connectivity index (χ0n) is 17.4. The van der Waals surface area contributed by atoms with Gasteiger partial charge in [0.05, 0.1) is 17.8 Å². The van der Waals surface area contributed by atoms with Crippen molar-refractivity contribution >= 4 is 11.9 Å². The smallest absolute Gasteiger partial charge is 0.257 e. The Morgan fingerprint density at radius 1 is 0.933 bits per heavy atom. The number of hydrogen-bond acceptors (Lipinski definition) is 5. The molecule has 0 bridgehead atoms. The normalized spacial score (nSPS) is 13.8. The molecule has 0 radical (unpaired) electrons. The Morgan fingerprint density at radius 3 is 2.37 bits per heavy atom. The first kappa shape index (κ1) is 20.0. The van der Waals surface area contributed by atoms with Crippen LogP contribution < -0.4 is 4.90 Å². The monoisotopic (exact) mass is 401 g/mol. The number of carbonyl (C=O) groups excluding carboxylic acids is 1. The summed E-state index contributed by atoms with van der Waals surface area (Å²) in [5.74, 6) is 0.619. The van der Waals surface area contributed by atoms with E-state index < -0.39 is 0 Å². The van der Waals surface area contributed by atoms with Crippen molar-refractivity contribution in [1.82, 2.24) is 19.9 Å². The summed E-state index contributed by atoms with van der Waals surface area (Å²) in [7, 11) is 0. The zero-order chi connectivity index (χ0) is 20.8. The molecule has 0 unspecified atom stereocenters. The largest absolute Gasteiger partial charge is 0.341 e. The Balaban J connectivity index is 1.54. The lowest BCUT2D eigenvalue weighted by molar-refractivity contribution is 0.0727. The van der Waals surface area contributed by atoms with Crippen LogP contribution in [0.15, 0.2) is 60.9 Å². The number of anilines is 1. The van der Waals surface area contributed by atoms with Crippen LogP contribution in [0.4, 0.5) is 5.95 Å². The fourth-order valence-corrected chi connectivity index (χ4v) is 3.76. The van der Waals surface area contributed by atoms with E-state index in [-0.39, 0.29) is 5.91 Å². The molecule has 0 aliphatic carbocycles. The van der Waals surface area contributed by atoms with E-state index >= 15 is 0 Å². The molecule has 1 aliphatic heterocycles. The zero-order valence-corrected chi connectivity index (χ0v) is 17.4. The molecule has 0 atom stereocenters. The molecule has 1 aliphatic rings. The molecule has 1 fully saturated rings. The van der Waals surface area contributed by atoms with Crippen molar-refractivity contribution in [2.75, 3.05) is 18.0 Å². The van der Waals surface area contributed by atoms with E-state index in [2.05, 4.69) is 19.9 Å². The number of nitrogens with zero attached hydrogens (tertiary/aromatic N) is 5. The highest BCUT2D eigenvalue weighted by molar-refractivity contribution is 5.93. The summed E-state index contributed by atoms with van der Waals surface area (Å²) in [6, 6.07) is 15.9. The molecule has 1 aromatic carbocycles. The lowest BCUT2D eigenvalue weighted by Gasteiger charge is -2.27. The van der Waals surface area contributed by atoms with Crippen LogP contribution in [0.25, 0.3) is 0 Å². The van der Waals surface area contributed by atoms with Gasteiger partial charge in [0.2, 0.25) is 5.95 Å². The van der Waals surface area contributed by atoms with E-state index in [1.54, 1.807) is 17.3 Å². The second-order valence-corrected chi connectivity index (χ2v) is 7.74. The predicted molar refractivity (Wildman–Crippen MR) is 117 cm³/mol. The van der Waals surface area contributed by atoms with E-state index in [0.717, 1.165) is 30.0 Å². The minimum Gasteiger partial charge on any atom is -0.341 e. The van der Waals surface area contributed by atoms with Crippen molar-refractivity contribution in [1.29, 1.82) is 0 Å². The maximum absolute atomic E-state index is 13.3. The molecule has 154 valence electrons. The van der Waals surface area contributed by atoms with Crippen molar-refractivity contribution in [2.24, 2.45) is 0 Å². The second-order valence-electron chi connectivity index (χ2n) is 7.74. The summed E-state index contributed by atoms with van der Waals surface area (Å²) in [6.07, 6.45) is 6.90. The molecule has 2 aromatic heterocycles. The van der Waals surface area contributed by atoms with Crippen molar-refractivity contribution in [2.45, 2.75) is 39.3 Å². The molecule has 1 saturated heterocycles. The fraction of sp³-hybridized carbons (Fsp3) is 0.333. The average Bonchev–Trinajstić information content (AvgIpc) is 2.80. The molecule has 30 heavy (non-hydrogen) atoms. The third-order valence-electron chi connectivity index (χ3n) is 5.33. The summed E-state index contributed by atoms with van der Waals surface area (Å²) in [4.78, 5) is 30.9. The number of carbonyl (C=O) groups is 1. The number of piperidine rings is 1. The van der Waals surface area contributed by atoms with E-state index in [1.165, 1.54) is 19.3 Å². The lowest BCUT2D eigenvalue weighted by atomic mass is 10.1. The minimum atomic E-state index is -0.0904. The predicted octanol–water partition coefficient (Wildman–Crippen LogP) is 4.01. The summed E-state index contributed by atoms with van der Waals surface area (Å²) in [5, 5.41) is 0. The van der Waals surface area contributed by atoms with E-state index in [1.807, 2.05) is 55.5 Å². The van der Waals surface area contributed by atoms with Gasteiger partial charge >= 0.3 is 0 Å². The number of pyridine rings is 1. The summed E-state index contributed by atoms with van der Waals surface area (Å²) in [6.45, 7) is 4.85. The van der Waals surface area contributed by atoms with Gasteiger partial charge in [-0.05, 0) is 43.9 Å². The Labute approximate surface area is 177 Å². The van der Waals surface area contributed by atoms with E-state index in [0.29, 0.717) is 24.6 Å². The van der Waals surface area contributed by atoms with Gasteiger partial charge in [-0.3, -0.25) is 9.78 Å². The van der Waals surface area contributed by atoms with E-state index in [9.17, 15) is 4.79 Å². The van der Waals surface area contributed by atoms with Crippen LogP contribution >= 0.6 is 0 Å². The van der Waals surface area contributed by atoms with Crippen LogP contribution in [0.3, 0.4) is 0 Å². The molecule has 1 amide bonds. The van der Waals surface area contributed by atoms with Crippen LogP contribution in [0.1, 0.15) is 46.6 Å². The van der Waals surface area contributed by atoms with Gasteiger partial charge in [-0.25, -0.2) is 9.97 Å². The first-order chi connectivity index (χ1) is 14.7. The summed E-state index contributed by atoms with van der Waals surface area (Å²) < 4.78 is 0. The van der Waals surface area contributed by atoms with Crippen molar-refractivity contribution in [3.8, 4) is 0 Å². The third-order valence-corrected chi connectivity index (χ3v) is 5.33.